The molecule has 0 bridgehead atoms. The van der Waals surface area contributed by atoms with E-state index in [1.165, 1.54) is 5.56 Å². The molecule has 4 rings (SSSR count). The monoisotopic (exact) mass is 448 g/mol. The van der Waals surface area contributed by atoms with Crippen molar-refractivity contribution in [3.05, 3.63) is 87.5 Å². The molecule has 0 aliphatic carbocycles. The Morgan fingerprint density at radius 2 is 1.88 bits per heavy atom. The van der Waals surface area contributed by atoms with Gasteiger partial charge in [0.05, 0.1) is 12.6 Å². The van der Waals surface area contributed by atoms with E-state index in [1.807, 2.05) is 43.3 Å². The number of nitrogens with zero attached hydrogens (tertiary/aromatic N) is 4. The number of aryl methyl sites for hydroxylation is 1. The fourth-order valence-corrected chi connectivity index (χ4v) is 4.88. The fraction of sp³-hybridized carbons (Fsp3) is 0.320. The molecule has 7 heteroatoms. The van der Waals surface area contributed by atoms with Crippen LogP contribution in [0.4, 0.5) is 0 Å². The summed E-state index contributed by atoms with van der Waals surface area (Å²) in [4.78, 5) is 14.3. The standard InChI is InChI=1S/C25H28N4O2S/c1-5-21(28(3)4)24-26-27-25(29(24)15-18-9-7-6-8-10-18)32-16-19-14-23(30)31-22-13-17(2)11-12-20(19)22/h6-14,21H,5,15-16H2,1-4H3. The normalized spacial score (nSPS) is 12.5. The molecular formula is C25H28N4O2S. The molecule has 4 aromatic rings. The van der Waals surface area contributed by atoms with Gasteiger partial charge >= 0.3 is 5.63 Å². The smallest absolute Gasteiger partial charge is 0.336 e. The van der Waals surface area contributed by atoms with E-state index in [-0.39, 0.29) is 11.7 Å². The summed E-state index contributed by atoms with van der Waals surface area (Å²) in [6, 6.07) is 18.1. The van der Waals surface area contributed by atoms with Crippen molar-refractivity contribution in [3.8, 4) is 0 Å². The quantitative estimate of drug-likeness (QED) is 0.278. The van der Waals surface area contributed by atoms with Crippen LogP contribution in [0.2, 0.25) is 0 Å². The molecule has 0 saturated carbocycles. The Kier molecular flexibility index (Phi) is 6.77. The third-order valence-electron chi connectivity index (χ3n) is 5.58. The van der Waals surface area contributed by atoms with Crippen LogP contribution in [0.5, 0.6) is 0 Å². The van der Waals surface area contributed by atoms with E-state index in [0.29, 0.717) is 17.9 Å². The van der Waals surface area contributed by atoms with Crippen molar-refractivity contribution in [1.29, 1.82) is 0 Å². The second-order valence-corrected chi connectivity index (χ2v) is 9.12. The van der Waals surface area contributed by atoms with Gasteiger partial charge in [0.1, 0.15) is 5.58 Å². The van der Waals surface area contributed by atoms with Gasteiger partial charge in [-0.1, -0.05) is 61.2 Å². The van der Waals surface area contributed by atoms with Gasteiger partial charge in [0.15, 0.2) is 11.0 Å². The molecule has 166 valence electrons. The number of hydrogen-bond donors (Lipinski definition) is 0. The van der Waals surface area contributed by atoms with Crippen LogP contribution in [0.15, 0.2) is 69.0 Å². The highest BCUT2D eigenvalue weighted by Crippen LogP contribution is 2.30. The first-order valence-corrected chi connectivity index (χ1v) is 11.7. The number of benzene rings is 2. The first kappa shape index (κ1) is 22.3. The van der Waals surface area contributed by atoms with Gasteiger partial charge in [0.2, 0.25) is 0 Å². The van der Waals surface area contributed by atoms with Crippen molar-refractivity contribution in [2.45, 2.75) is 43.8 Å². The van der Waals surface area contributed by atoms with Gasteiger partial charge in [-0.3, -0.25) is 4.90 Å². The van der Waals surface area contributed by atoms with Crippen molar-refractivity contribution in [3.63, 3.8) is 0 Å². The van der Waals surface area contributed by atoms with E-state index in [0.717, 1.165) is 33.9 Å². The predicted molar refractivity (Wildman–Crippen MR) is 129 cm³/mol. The number of aromatic nitrogens is 3. The largest absolute Gasteiger partial charge is 0.423 e. The lowest BCUT2D eigenvalue weighted by atomic mass is 10.1. The minimum Gasteiger partial charge on any atom is -0.423 e. The van der Waals surface area contributed by atoms with E-state index in [4.69, 9.17) is 4.42 Å². The first-order valence-electron chi connectivity index (χ1n) is 10.8. The van der Waals surface area contributed by atoms with Crippen LogP contribution >= 0.6 is 11.8 Å². The summed E-state index contributed by atoms with van der Waals surface area (Å²) in [5.41, 5.74) is 3.50. The third kappa shape index (κ3) is 4.79. The van der Waals surface area contributed by atoms with Gasteiger partial charge in [0.25, 0.3) is 0 Å². The zero-order valence-electron chi connectivity index (χ0n) is 18.9. The highest BCUT2D eigenvalue weighted by atomic mass is 32.2. The molecule has 0 N–H and O–H groups in total. The fourth-order valence-electron chi connectivity index (χ4n) is 3.95. The molecule has 6 nitrogen and oxygen atoms in total. The van der Waals surface area contributed by atoms with Gasteiger partial charge in [-0.25, -0.2) is 4.79 Å². The van der Waals surface area contributed by atoms with Crippen LogP contribution in [0.25, 0.3) is 11.0 Å². The predicted octanol–water partition coefficient (Wildman–Crippen LogP) is 5.05. The Morgan fingerprint density at radius 1 is 1.09 bits per heavy atom. The Hall–Kier alpha value is -2.90. The van der Waals surface area contributed by atoms with E-state index >= 15 is 0 Å². The lowest BCUT2D eigenvalue weighted by molar-refractivity contribution is 0.272. The second kappa shape index (κ2) is 9.71. The SMILES string of the molecule is CCC(c1nnc(SCc2cc(=O)oc3cc(C)ccc23)n1Cc1ccccc1)N(C)C. The van der Waals surface area contributed by atoms with Gasteiger partial charge in [-0.05, 0) is 50.2 Å². The van der Waals surface area contributed by atoms with Crippen LogP contribution in [0, 0.1) is 6.92 Å². The molecule has 0 amide bonds. The number of fused-ring (bicyclic) bond motifs is 1. The summed E-state index contributed by atoms with van der Waals surface area (Å²) < 4.78 is 7.61. The van der Waals surface area contributed by atoms with Crippen molar-refractivity contribution < 1.29 is 4.42 Å². The Morgan fingerprint density at radius 3 is 2.59 bits per heavy atom. The Labute approximate surface area is 192 Å². The van der Waals surface area contributed by atoms with Crippen molar-refractivity contribution in [2.24, 2.45) is 0 Å². The molecule has 2 aromatic carbocycles. The average Bonchev–Trinajstić information content (AvgIpc) is 3.14. The van der Waals surface area contributed by atoms with Crippen molar-refractivity contribution in [2.75, 3.05) is 14.1 Å². The van der Waals surface area contributed by atoms with E-state index in [9.17, 15) is 4.79 Å². The van der Waals surface area contributed by atoms with Crippen molar-refractivity contribution in [1.82, 2.24) is 19.7 Å². The molecular weight excluding hydrogens is 420 g/mol. The van der Waals surface area contributed by atoms with Gasteiger partial charge < -0.3 is 8.98 Å². The molecule has 0 aliphatic rings. The number of rotatable bonds is 8. The zero-order chi connectivity index (χ0) is 22.7. The number of hydrogen-bond acceptors (Lipinski definition) is 6. The molecule has 1 unspecified atom stereocenters. The molecule has 0 fully saturated rings. The van der Waals surface area contributed by atoms with E-state index in [2.05, 4.69) is 52.8 Å². The van der Waals surface area contributed by atoms with E-state index in [1.54, 1.807) is 17.8 Å². The highest BCUT2D eigenvalue weighted by Gasteiger charge is 2.22. The molecule has 0 spiro atoms. The minimum absolute atomic E-state index is 0.174. The van der Waals surface area contributed by atoms with Crippen LogP contribution < -0.4 is 5.63 Å². The maximum Gasteiger partial charge on any atom is 0.336 e. The van der Waals surface area contributed by atoms with Gasteiger partial charge in [-0.15, -0.1) is 10.2 Å². The summed E-state index contributed by atoms with van der Waals surface area (Å²) in [7, 11) is 4.14. The van der Waals surface area contributed by atoms with Crippen LogP contribution in [0.3, 0.4) is 0 Å². The lowest BCUT2D eigenvalue weighted by Gasteiger charge is -2.23. The summed E-state index contributed by atoms with van der Waals surface area (Å²) in [6.07, 6.45) is 0.939. The summed E-state index contributed by atoms with van der Waals surface area (Å²) in [5, 5.41) is 10.9. The van der Waals surface area contributed by atoms with Gasteiger partial charge in [0, 0.05) is 17.2 Å². The van der Waals surface area contributed by atoms with Crippen molar-refractivity contribution >= 4 is 22.7 Å². The second-order valence-electron chi connectivity index (χ2n) is 8.18. The third-order valence-corrected chi connectivity index (χ3v) is 6.60. The van der Waals surface area contributed by atoms with Gasteiger partial charge in [-0.2, -0.15) is 0 Å². The number of thioether (sulfide) groups is 1. The lowest BCUT2D eigenvalue weighted by Crippen LogP contribution is -2.23. The minimum atomic E-state index is -0.330. The van der Waals surface area contributed by atoms with Crippen LogP contribution in [-0.4, -0.2) is 33.8 Å². The summed E-state index contributed by atoms with van der Waals surface area (Å²) in [5.74, 6) is 1.56. The summed E-state index contributed by atoms with van der Waals surface area (Å²) >= 11 is 1.60. The van der Waals surface area contributed by atoms with E-state index < -0.39 is 0 Å². The summed E-state index contributed by atoms with van der Waals surface area (Å²) in [6.45, 7) is 4.85. The maximum atomic E-state index is 12.1. The topological polar surface area (TPSA) is 64.2 Å². The van der Waals surface area contributed by atoms with Crippen LogP contribution in [-0.2, 0) is 12.3 Å². The molecule has 2 aromatic heterocycles. The zero-order valence-corrected chi connectivity index (χ0v) is 19.7. The highest BCUT2D eigenvalue weighted by molar-refractivity contribution is 7.98. The molecule has 0 radical (unpaired) electrons. The molecule has 0 aliphatic heterocycles. The molecule has 0 saturated heterocycles. The maximum absolute atomic E-state index is 12.1. The first-order chi connectivity index (χ1) is 15.5. The molecule has 1 atom stereocenters. The van der Waals surface area contributed by atoms with Crippen LogP contribution in [0.1, 0.15) is 41.9 Å². The average molecular weight is 449 g/mol. The molecule has 32 heavy (non-hydrogen) atoms. The Balaban J connectivity index is 1.69. The molecule has 2 heterocycles. The Bertz CT molecular complexity index is 1260.